The van der Waals surface area contributed by atoms with Crippen molar-refractivity contribution in [3.8, 4) is 17.1 Å². The van der Waals surface area contributed by atoms with Gasteiger partial charge in [-0.15, -0.1) is 0 Å². The van der Waals surface area contributed by atoms with Crippen LogP contribution in [0, 0.1) is 0 Å². The largest absolute Gasteiger partial charge is 0.495 e. The number of nitrogens with zero attached hydrogens (tertiary/aromatic N) is 6. The van der Waals surface area contributed by atoms with Gasteiger partial charge in [-0.05, 0) is 13.0 Å². The molecule has 0 saturated heterocycles. The summed E-state index contributed by atoms with van der Waals surface area (Å²) < 4.78 is 6.87. The molecule has 0 aliphatic heterocycles. The summed E-state index contributed by atoms with van der Waals surface area (Å²) in [6.45, 7) is 1.92. The van der Waals surface area contributed by atoms with Crippen LogP contribution in [0.15, 0.2) is 41.7 Å². The van der Waals surface area contributed by atoms with E-state index in [1.54, 1.807) is 55.8 Å². The van der Waals surface area contributed by atoms with Gasteiger partial charge >= 0.3 is 0 Å². The lowest BCUT2D eigenvalue weighted by atomic mass is 10.1. The van der Waals surface area contributed by atoms with Gasteiger partial charge in [0.15, 0.2) is 5.65 Å². The Bertz CT molecular complexity index is 1460. The highest BCUT2D eigenvalue weighted by Gasteiger charge is 2.22. The standard InChI is InChI=1S/C20H19N9O2.H2S/c1-10(17-21-5-4-6-22-17)24-16-14(20(30)26-13-9-29(2)28-15(13)16)19-25-12-7-11(31-3)8-23-18(12)27-19;/h4-10,24H,1-3H3,(H,26,30)(H,23,25,27);1H2/t10-;/m0./s1. The number of pyridine rings is 2. The van der Waals surface area contributed by atoms with E-state index >= 15 is 0 Å². The number of rotatable bonds is 5. The highest BCUT2D eigenvalue weighted by atomic mass is 32.1. The molecular formula is C20H21N9O2S. The van der Waals surface area contributed by atoms with Crippen molar-refractivity contribution >= 4 is 41.4 Å². The number of nitrogens with one attached hydrogen (secondary N) is 3. The predicted octanol–water partition coefficient (Wildman–Crippen LogP) is 2.28. The molecular weight excluding hydrogens is 430 g/mol. The molecule has 0 saturated carbocycles. The molecule has 5 aromatic heterocycles. The van der Waals surface area contributed by atoms with Crippen molar-refractivity contribution in [2.75, 3.05) is 12.4 Å². The van der Waals surface area contributed by atoms with Gasteiger partial charge in [-0.1, -0.05) is 0 Å². The van der Waals surface area contributed by atoms with E-state index in [-0.39, 0.29) is 25.1 Å². The Labute approximate surface area is 188 Å². The smallest absolute Gasteiger partial charge is 0.261 e. The molecule has 5 heterocycles. The van der Waals surface area contributed by atoms with Crippen LogP contribution in [0.5, 0.6) is 5.75 Å². The maximum absolute atomic E-state index is 13.1. The number of imidazole rings is 1. The fourth-order valence-corrected chi connectivity index (χ4v) is 3.47. The van der Waals surface area contributed by atoms with Crippen LogP contribution in [0.1, 0.15) is 18.8 Å². The fourth-order valence-electron chi connectivity index (χ4n) is 3.47. The molecule has 0 aromatic carbocycles. The number of aromatic amines is 2. The third-order valence-electron chi connectivity index (χ3n) is 4.91. The maximum atomic E-state index is 13.1. The second-order valence-electron chi connectivity index (χ2n) is 7.07. The first-order chi connectivity index (χ1) is 15.0. The number of aromatic nitrogens is 8. The van der Waals surface area contributed by atoms with Crippen molar-refractivity contribution < 1.29 is 4.74 Å². The number of hydrogen-bond acceptors (Lipinski definition) is 8. The number of anilines is 1. The van der Waals surface area contributed by atoms with Gasteiger partial charge in [-0.3, -0.25) is 9.48 Å². The van der Waals surface area contributed by atoms with E-state index in [2.05, 4.69) is 40.3 Å². The van der Waals surface area contributed by atoms with Gasteiger partial charge in [0.2, 0.25) is 0 Å². The Kier molecular flexibility index (Phi) is 5.53. The van der Waals surface area contributed by atoms with Crippen LogP contribution >= 0.6 is 13.5 Å². The number of H-pyrrole nitrogens is 2. The lowest BCUT2D eigenvalue weighted by Crippen LogP contribution is -2.17. The second kappa shape index (κ2) is 8.30. The number of fused-ring (bicyclic) bond motifs is 2. The van der Waals surface area contributed by atoms with Crippen molar-refractivity contribution in [1.29, 1.82) is 0 Å². The van der Waals surface area contributed by atoms with Crippen LogP contribution < -0.4 is 15.6 Å². The Morgan fingerprint density at radius 2 is 1.94 bits per heavy atom. The van der Waals surface area contributed by atoms with Crippen LogP contribution in [0.2, 0.25) is 0 Å². The van der Waals surface area contributed by atoms with Crippen molar-refractivity contribution in [1.82, 2.24) is 39.7 Å². The molecule has 0 aliphatic carbocycles. The first-order valence-corrected chi connectivity index (χ1v) is 9.56. The van der Waals surface area contributed by atoms with Crippen LogP contribution in [-0.4, -0.2) is 46.8 Å². The van der Waals surface area contributed by atoms with Gasteiger partial charge < -0.3 is 20.0 Å². The summed E-state index contributed by atoms with van der Waals surface area (Å²) in [6, 6.07) is 3.25. The van der Waals surface area contributed by atoms with Gasteiger partial charge in [-0.2, -0.15) is 18.6 Å². The monoisotopic (exact) mass is 451 g/mol. The fraction of sp³-hybridized carbons (Fsp3) is 0.200. The second-order valence-corrected chi connectivity index (χ2v) is 7.07. The minimum Gasteiger partial charge on any atom is -0.495 e. The Hall–Kier alpha value is -3.93. The Morgan fingerprint density at radius 3 is 2.69 bits per heavy atom. The van der Waals surface area contributed by atoms with Crippen LogP contribution in [0.3, 0.4) is 0 Å². The summed E-state index contributed by atoms with van der Waals surface area (Å²) in [5, 5.41) is 7.90. The third-order valence-corrected chi connectivity index (χ3v) is 4.91. The minimum atomic E-state index is -0.310. The summed E-state index contributed by atoms with van der Waals surface area (Å²) >= 11 is 0. The summed E-state index contributed by atoms with van der Waals surface area (Å²) in [5.74, 6) is 1.55. The summed E-state index contributed by atoms with van der Waals surface area (Å²) in [4.78, 5) is 36.6. The van der Waals surface area contributed by atoms with Gasteiger partial charge in [0, 0.05) is 31.7 Å². The normalized spacial score (nSPS) is 12.0. The molecule has 11 nitrogen and oxygen atoms in total. The first-order valence-electron chi connectivity index (χ1n) is 9.56. The number of aryl methyl sites for hydroxylation is 1. The molecule has 0 amide bonds. The molecule has 0 fully saturated rings. The SMILES string of the molecule is COc1cnc2nc(-c3c(N[C@@H](C)c4ncccn4)c4nn(C)cc4[nH]c3=O)[nH]c2c1.S. The summed E-state index contributed by atoms with van der Waals surface area (Å²) in [7, 11) is 3.36. The third kappa shape index (κ3) is 3.64. The van der Waals surface area contributed by atoms with Crippen molar-refractivity contribution in [3.63, 3.8) is 0 Å². The molecule has 0 aliphatic rings. The lowest BCUT2D eigenvalue weighted by molar-refractivity contribution is 0.413. The van der Waals surface area contributed by atoms with E-state index < -0.39 is 0 Å². The number of ether oxygens (including phenoxy) is 1. The van der Waals surface area contributed by atoms with Gasteiger partial charge in [-0.25, -0.2) is 19.9 Å². The van der Waals surface area contributed by atoms with Crippen LogP contribution in [0.25, 0.3) is 33.6 Å². The molecule has 5 aromatic rings. The van der Waals surface area contributed by atoms with E-state index in [9.17, 15) is 4.79 Å². The molecule has 164 valence electrons. The van der Waals surface area contributed by atoms with E-state index in [0.29, 0.717) is 50.8 Å². The molecule has 1 atom stereocenters. The Balaban J connectivity index is 0.00000245. The zero-order valence-electron chi connectivity index (χ0n) is 17.5. The topological polar surface area (TPSA) is 139 Å². The molecule has 0 unspecified atom stereocenters. The highest BCUT2D eigenvalue weighted by molar-refractivity contribution is 7.59. The summed E-state index contributed by atoms with van der Waals surface area (Å²) in [6.07, 6.45) is 6.68. The van der Waals surface area contributed by atoms with Crippen molar-refractivity contribution in [3.05, 3.63) is 53.1 Å². The van der Waals surface area contributed by atoms with E-state index in [1.807, 2.05) is 6.92 Å². The van der Waals surface area contributed by atoms with E-state index in [4.69, 9.17) is 4.74 Å². The van der Waals surface area contributed by atoms with Crippen molar-refractivity contribution in [2.24, 2.45) is 7.05 Å². The highest BCUT2D eigenvalue weighted by Crippen LogP contribution is 2.32. The quantitative estimate of drug-likeness (QED) is 0.370. The van der Waals surface area contributed by atoms with Crippen molar-refractivity contribution in [2.45, 2.75) is 13.0 Å². The van der Waals surface area contributed by atoms with Gasteiger partial charge in [0.05, 0.1) is 36.1 Å². The Morgan fingerprint density at radius 1 is 1.16 bits per heavy atom. The number of hydrogen-bond donors (Lipinski definition) is 3. The minimum absolute atomic E-state index is 0. The van der Waals surface area contributed by atoms with E-state index in [0.717, 1.165) is 0 Å². The first kappa shape index (κ1) is 21.3. The zero-order valence-corrected chi connectivity index (χ0v) is 18.5. The molecule has 0 bridgehead atoms. The van der Waals surface area contributed by atoms with Gasteiger partial charge in [0.25, 0.3) is 5.56 Å². The zero-order chi connectivity index (χ0) is 21.5. The average molecular weight is 452 g/mol. The van der Waals surface area contributed by atoms with Crippen LogP contribution in [-0.2, 0) is 7.05 Å². The van der Waals surface area contributed by atoms with E-state index in [1.165, 1.54) is 0 Å². The summed E-state index contributed by atoms with van der Waals surface area (Å²) in [5.41, 5.74) is 2.88. The lowest BCUT2D eigenvalue weighted by Gasteiger charge is -2.16. The molecule has 32 heavy (non-hydrogen) atoms. The van der Waals surface area contributed by atoms with Crippen LogP contribution in [0.4, 0.5) is 5.69 Å². The molecule has 12 heteroatoms. The molecule has 0 spiro atoms. The molecule has 5 rings (SSSR count). The number of methoxy groups -OCH3 is 1. The molecule has 0 radical (unpaired) electrons. The average Bonchev–Trinajstić information content (AvgIpc) is 3.35. The predicted molar refractivity (Wildman–Crippen MR) is 125 cm³/mol. The van der Waals surface area contributed by atoms with Gasteiger partial charge in [0.1, 0.15) is 28.5 Å². The maximum Gasteiger partial charge on any atom is 0.261 e. The molecule has 3 N–H and O–H groups in total.